The number of fused-ring (bicyclic) bond motifs is 5. The zero-order chi connectivity index (χ0) is 12.5. The molecule has 92 valence electrons. The fourth-order valence-electron chi connectivity index (χ4n) is 3.28. The van der Waals surface area contributed by atoms with Gasteiger partial charge in [-0.1, -0.05) is 24.3 Å². The minimum absolute atomic E-state index is 0.359. The molecule has 0 bridgehead atoms. The van der Waals surface area contributed by atoms with E-state index >= 15 is 0 Å². The van der Waals surface area contributed by atoms with Crippen molar-refractivity contribution in [2.45, 2.75) is 24.3 Å². The van der Waals surface area contributed by atoms with Crippen LogP contribution in [0.1, 0.15) is 28.8 Å². The third-order valence-corrected chi connectivity index (χ3v) is 4.13. The highest BCUT2D eigenvalue weighted by Gasteiger charge is 2.70. The molecule has 1 fully saturated rings. The largest absolute Gasteiger partial charge is 0.361 e. The summed E-state index contributed by atoms with van der Waals surface area (Å²) < 4.78 is 0. The van der Waals surface area contributed by atoms with Gasteiger partial charge in [0.2, 0.25) is 11.5 Å². The number of hydrogen-bond donors (Lipinski definition) is 2. The number of aliphatic hydroxyl groups is 2. The van der Waals surface area contributed by atoms with Gasteiger partial charge >= 0.3 is 0 Å². The van der Waals surface area contributed by atoms with Gasteiger partial charge in [0.1, 0.15) is 5.84 Å². The summed E-state index contributed by atoms with van der Waals surface area (Å²) in [5.74, 6) is 0.170. The van der Waals surface area contributed by atoms with Crippen LogP contribution >= 0.6 is 0 Å². The van der Waals surface area contributed by atoms with Crippen LogP contribution in [-0.4, -0.2) is 39.0 Å². The molecule has 0 spiro atoms. The van der Waals surface area contributed by atoms with Crippen molar-refractivity contribution in [2.24, 2.45) is 4.99 Å². The first-order chi connectivity index (χ1) is 8.59. The van der Waals surface area contributed by atoms with E-state index in [9.17, 15) is 15.0 Å². The topological polar surface area (TPSA) is 73.1 Å². The summed E-state index contributed by atoms with van der Waals surface area (Å²) in [7, 11) is 0. The van der Waals surface area contributed by atoms with Crippen LogP contribution in [0, 0.1) is 0 Å². The normalized spacial score (nSPS) is 36.4. The summed E-state index contributed by atoms with van der Waals surface area (Å²) >= 11 is 0. The number of aliphatic imine (C=N–C) groups is 1. The summed E-state index contributed by atoms with van der Waals surface area (Å²) in [6.45, 7) is 0.553. The molecule has 0 saturated carbocycles. The lowest BCUT2D eigenvalue weighted by atomic mass is 10.00. The summed E-state index contributed by atoms with van der Waals surface area (Å²) in [5.41, 5.74) is -3.02. The average molecular weight is 244 g/mol. The average Bonchev–Trinajstić information content (AvgIpc) is 2.95. The van der Waals surface area contributed by atoms with Gasteiger partial charge in [-0.3, -0.25) is 4.79 Å². The number of Topliss-reactive ketones (excluding diaryl/α,β-unsaturated/α-hetero) is 1. The van der Waals surface area contributed by atoms with Crippen LogP contribution in [0.25, 0.3) is 0 Å². The van der Waals surface area contributed by atoms with Crippen molar-refractivity contribution in [1.29, 1.82) is 0 Å². The molecule has 0 unspecified atom stereocenters. The molecule has 1 aromatic rings. The molecule has 1 saturated heterocycles. The van der Waals surface area contributed by atoms with Gasteiger partial charge in [0.05, 0.1) is 0 Å². The van der Waals surface area contributed by atoms with E-state index in [1.807, 2.05) is 0 Å². The highest BCUT2D eigenvalue weighted by molar-refractivity contribution is 6.12. The van der Waals surface area contributed by atoms with E-state index in [2.05, 4.69) is 4.99 Å². The number of benzene rings is 1. The molecular formula is C13H12N2O3. The van der Waals surface area contributed by atoms with Crippen LogP contribution in [0.15, 0.2) is 29.3 Å². The predicted molar refractivity (Wildman–Crippen MR) is 63.0 cm³/mol. The number of nitrogens with zero attached hydrogens (tertiary/aromatic N) is 2. The first-order valence-corrected chi connectivity index (χ1v) is 6.04. The fourth-order valence-corrected chi connectivity index (χ4v) is 3.28. The van der Waals surface area contributed by atoms with Gasteiger partial charge in [-0.2, -0.15) is 0 Å². The van der Waals surface area contributed by atoms with Gasteiger partial charge in [0, 0.05) is 24.1 Å². The SMILES string of the molecule is O=C1c2ccccc2[C@]2(O)N=C3CCCN3[C@@]12O. The smallest absolute Gasteiger partial charge is 0.259 e. The molecule has 18 heavy (non-hydrogen) atoms. The van der Waals surface area contributed by atoms with Crippen molar-refractivity contribution in [2.75, 3.05) is 6.54 Å². The van der Waals surface area contributed by atoms with Crippen molar-refractivity contribution >= 4 is 11.6 Å². The molecule has 5 nitrogen and oxygen atoms in total. The Hall–Kier alpha value is -1.72. The molecule has 0 aromatic heterocycles. The van der Waals surface area contributed by atoms with Crippen molar-refractivity contribution in [3.05, 3.63) is 35.4 Å². The Balaban J connectivity index is 2.04. The Morgan fingerprint density at radius 3 is 2.89 bits per heavy atom. The van der Waals surface area contributed by atoms with E-state index < -0.39 is 17.2 Å². The summed E-state index contributed by atoms with van der Waals surface area (Å²) in [6, 6.07) is 6.73. The number of hydrogen-bond acceptors (Lipinski definition) is 5. The van der Waals surface area contributed by atoms with Crippen LogP contribution in [0.4, 0.5) is 0 Å². The molecular weight excluding hydrogens is 232 g/mol. The van der Waals surface area contributed by atoms with E-state index in [1.165, 1.54) is 0 Å². The molecule has 2 atom stereocenters. The molecule has 5 heteroatoms. The zero-order valence-electron chi connectivity index (χ0n) is 9.63. The number of carbonyl (C=O) groups is 1. The van der Waals surface area contributed by atoms with Gasteiger partial charge in [0.15, 0.2) is 0 Å². The van der Waals surface area contributed by atoms with E-state index in [1.54, 1.807) is 29.2 Å². The lowest BCUT2D eigenvalue weighted by Crippen LogP contribution is -2.58. The zero-order valence-corrected chi connectivity index (χ0v) is 9.63. The molecule has 0 amide bonds. The maximum absolute atomic E-state index is 12.4. The number of carbonyl (C=O) groups excluding carboxylic acids is 1. The van der Waals surface area contributed by atoms with Crippen molar-refractivity contribution in [3.8, 4) is 0 Å². The quantitative estimate of drug-likeness (QED) is 0.685. The van der Waals surface area contributed by atoms with Crippen molar-refractivity contribution < 1.29 is 15.0 Å². The van der Waals surface area contributed by atoms with Gasteiger partial charge in [0.25, 0.3) is 5.72 Å². The molecule has 1 aliphatic carbocycles. The number of ketones is 1. The Labute approximate surface area is 103 Å². The summed E-state index contributed by atoms with van der Waals surface area (Å²) in [6.07, 6.45) is 1.54. The van der Waals surface area contributed by atoms with E-state index in [-0.39, 0.29) is 0 Å². The number of rotatable bonds is 0. The molecule has 1 aromatic carbocycles. The second-order valence-electron chi connectivity index (χ2n) is 5.00. The molecule has 0 radical (unpaired) electrons. The fraction of sp³-hybridized carbons (Fsp3) is 0.385. The molecule has 3 aliphatic rings. The van der Waals surface area contributed by atoms with Gasteiger partial charge < -0.3 is 15.1 Å². The molecule has 2 N–H and O–H groups in total. The van der Waals surface area contributed by atoms with E-state index in [0.717, 1.165) is 6.42 Å². The van der Waals surface area contributed by atoms with E-state index in [4.69, 9.17) is 0 Å². The summed E-state index contributed by atoms with van der Waals surface area (Å²) in [4.78, 5) is 18.2. The first-order valence-electron chi connectivity index (χ1n) is 6.04. The van der Waals surface area contributed by atoms with Crippen LogP contribution < -0.4 is 0 Å². The standard InChI is InChI=1S/C13H12N2O3/c16-11-8-4-1-2-5-9(8)12(17)13(11,18)15-7-3-6-10(15)14-12/h1-2,4-5,17-18H,3,6-7H2/t12-,13-/m1/s1. The molecule has 2 heterocycles. The molecule has 2 aliphatic heterocycles. The lowest BCUT2D eigenvalue weighted by molar-refractivity contribution is -0.158. The Bertz CT molecular complexity index is 612. The maximum Gasteiger partial charge on any atom is 0.259 e. The lowest BCUT2D eigenvalue weighted by Gasteiger charge is -2.34. The van der Waals surface area contributed by atoms with Crippen LogP contribution in [0.5, 0.6) is 0 Å². The third kappa shape index (κ3) is 0.824. The highest BCUT2D eigenvalue weighted by atomic mass is 16.4. The van der Waals surface area contributed by atoms with Crippen LogP contribution in [0.3, 0.4) is 0 Å². The minimum atomic E-state index is -1.94. The third-order valence-electron chi connectivity index (χ3n) is 4.13. The van der Waals surface area contributed by atoms with Crippen LogP contribution in [0.2, 0.25) is 0 Å². The first kappa shape index (κ1) is 10.2. The van der Waals surface area contributed by atoms with Crippen LogP contribution in [-0.2, 0) is 5.72 Å². The predicted octanol–water partition coefficient (Wildman–Crippen LogP) is 0.224. The second-order valence-corrected chi connectivity index (χ2v) is 5.00. The maximum atomic E-state index is 12.4. The Morgan fingerprint density at radius 2 is 2.06 bits per heavy atom. The van der Waals surface area contributed by atoms with Gasteiger partial charge in [-0.05, 0) is 6.42 Å². The Morgan fingerprint density at radius 1 is 1.28 bits per heavy atom. The highest BCUT2D eigenvalue weighted by Crippen LogP contribution is 2.52. The van der Waals surface area contributed by atoms with Crippen molar-refractivity contribution in [1.82, 2.24) is 4.90 Å². The van der Waals surface area contributed by atoms with Gasteiger partial charge in [-0.15, -0.1) is 0 Å². The van der Waals surface area contributed by atoms with Gasteiger partial charge in [-0.25, -0.2) is 4.99 Å². The summed E-state index contributed by atoms with van der Waals surface area (Å²) in [5, 5.41) is 21.5. The second kappa shape index (κ2) is 2.81. The monoisotopic (exact) mass is 244 g/mol. The van der Waals surface area contributed by atoms with Crippen molar-refractivity contribution in [3.63, 3.8) is 0 Å². The minimum Gasteiger partial charge on any atom is -0.361 e. The molecule has 4 rings (SSSR count). The Kier molecular flexibility index (Phi) is 1.60. The number of amidine groups is 1. The van der Waals surface area contributed by atoms with E-state index in [0.29, 0.717) is 29.9 Å².